The number of hydrogen-bond donors (Lipinski definition) is 1. The summed E-state index contributed by atoms with van der Waals surface area (Å²) >= 11 is 0. The monoisotopic (exact) mass is 198 g/mol. The predicted molar refractivity (Wildman–Crippen MR) is 45.5 cm³/mol. The molecule has 1 saturated carbocycles. The van der Waals surface area contributed by atoms with Gasteiger partial charge in [-0.25, -0.2) is 0 Å². The van der Waals surface area contributed by atoms with Crippen molar-refractivity contribution in [2.45, 2.75) is 56.1 Å². The maximum absolute atomic E-state index is 10.6. The summed E-state index contributed by atoms with van der Waals surface area (Å²) in [6, 6.07) is 0. The van der Waals surface area contributed by atoms with Crippen LogP contribution in [-0.2, 0) is 14.2 Å². The lowest BCUT2D eigenvalue weighted by Crippen LogP contribution is -2.53. The molecule has 3 saturated heterocycles. The third kappa shape index (κ3) is 0.608. The maximum atomic E-state index is 10.6. The molecule has 78 valence electrons. The molecule has 4 aliphatic rings. The zero-order valence-corrected chi connectivity index (χ0v) is 8.27. The second kappa shape index (κ2) is 1.89. The molecule has 4 rings (SSSR count). The molecule has 0 aromatic heterocycles. The normalized spacial score (nSPS) is 73.5. The summed E-state index contributed by atoms with van der Waals surface area (Å²) in [5.74, 6) is 0.0729. The van der Waals surface area contributed by atoms with E-state index in [-0.39, 0.29) is 36.1 Å². The number of ether oxygens (including phenoxy) is 3. The lowest BCUT2D eigenvalue weighted by Gasteiger charge is -2.39. The van der Waals surface area contributed by atoms with Gasteiger partial charge in [0, 0.05) is 12.3 Å². The van der Waals surface area contributed by atoms with Crippen LogP contribution in [0.4, 0.5) is 0 Å². The second-order valence-corrected chi connectivity index (χ2v) is 5.22. The van der Waals surface area contributed by atoms with Gasteiger partial charge in [-0.1, -0.05) is 0 Å². The molecular formula is C10H14O4. The quantitative estimate of drug-likeness (QED) is 0.558. The van der Waals surface area contributed by atoms with Crippen LogP contribution in [0.15, 0.2) is 0 Å². The molecule has 4 fully saturated rings. The molecule has 4 heteroatoms. The molecule has 0 unspecified atom stereocenters. The van der Waals surface area contributed by atoms with E-state index in [1.54, 1.807) is 0 Å². The Morgan fingerprint density at radius 2 is 2.07 bits per heavy atom. The summed E-state index contributed by atoms with van der Waals surface area (Å²) in [5.41, 5.74) is -0.899. The standard InChI is InChI=1S/C10H14O4/c1-4-6-9(2)7(14-9)8-10(6,11)3-5(12-4)13-8/h4-8,11H,3H2,1-2H3/t4-,5+,6+,7-,8-,9+,10-/m0/s1. The van der Waals surface area contributed by atoms with Gasteiger partial charge in [-0.15, -0.1) is 0 Å². The van der Waals surface area contributed by atoms with Crippen molar-refractivity contribution in [2.75, 3.05) is 0 Å². The maximum Gasteiger partial charge on any atom is 0.161 e. The summed E-state index contributed by atoms with van der Waals surface area (Å²) in [7, 11) is 0. The van der Waals surface area contributed by atoms with Gasteiger partial charge < -0.3 is 19.3 Å². The third-order valence-corrected chi connectivity index (χ3v) is 4.44. The Morgan fingerprint density at radius 1 is 1.29 bits per heavy atom. The van der Waals surface area contributed by atoms with Crippen LogP contribution in [0.2, 0.25) is 0 Å². The van der Waals surface area contributed by atoms with Crippen LogP contribution in [0.3, 0.4) is 0 Å². The van der Waals surface area contributed by atoms with E-state index in [4.69, 9.17) is 14.2 Å². The third-order valence-electron chi connectivity index (χ3n) is 4.44. The van der Waals surface area contributed by atoms with E-state index >= 15 is 0 Å². The Balaban J connectivity index is 1.88. The molecule has 0 spiro atoms. The van der Waals surface area contributed by atoms with Gasteiger partial charge in [0.2, 0.25) is 0 Å². The molecule has 7 atom stereocenters. The number of aliphatic hydroxyl groups is 1. The van der Waals surface area contributed by atoms with Crippen LogP contribution in [0.25, 0.3) is 0 Å². The van der Waals surface area contributed by atoms with Crippen molar-refractivity contribution >= 4 is 0 Å². The zero-order chi connectivity index (χ0) is 9.72. The molecule has 3 aliphatic heterocycles. The van der Waals surface area contributed by atoms with E-state index in [2.05, 4.69) is 6.92 Å². The largest absolute Gasteiger partial charge is 0.386 e. The van der Waals surface area contributed by atoms with Gasteiger partial charge in [0.15, 0.2) is 6.29 Å². The van der Waals surface area contributed by atoms with Gasteiger partial charge in [0.25, 0.3) is 0 Å². The topological polar surface area (TPSA) is 51.2 Å². The zero-order valence-electron chi connectivity index (χ0n) is 8.27. The molecule has 3 heterocycles. The van der Waals surface area contributed by atoms with Crippen LogP contribution < -0.4 is 0 Å². The highest BCUT2D eigenvalue weighted by molar-refractivity contribution is 5.29. The summed E-state index contributed by atoms with van der Waals surface area (Å²) < 4.78 is 17.0. The number of epoxide rings is 1. The van der Waals surface area contributed by atoms with Gasteiger partial charge in [0.1, 0.15) is 23.4 Å². The Bertz CT molecular complexity index is 319. The average Bonchev–Trinajstić information content (AvgIpc) is 2.54. The minimum absolute atomic E-state index is 0.0289. The van der Waals surface area contributed by atoms with Crippen molar-refractivity contribution in [2.24, 2.45) is 5.92 Å². The summed E-state index contributed by atoms with van der Waals surface area (Å²) in [5, 5.41) is 10.6. The highest BCUT2D eigenvalue weighted by Crippen LogP contribution is 2.66. The van der Waals surface area contributed by atoms with Crippen molar-refractivity contribution in [3.05, 3.63) is 0 Å². The van der Waals surface area contributed by atoms with Gasteiger partial charge in [0.05, 0.1) is 6.10 Å². The van der Waals surface area contributed by atoms with Gasteiger partial charge in [-0.3, -0.25) is 0 Å². The van der Waals surface area contributed by atoms with Crippen molar-refractivity contribution in [3.8, 4) is 0 Å². The minimum Gasteiger partial charge on any atom is -0.386 e. The van der Waals surface area contributed by atoms with E-state index < -0.39 is 5.60 Å². The average molecular weight is 198 g/mol. The van der Waals surface area contributed by atoms with Crippen LogP contribution in [-0.4, -0.2) is 40.9 Å². The summed E-state index contributed by atoms with van der Waals surface area (Å²) in [6.07, 6.45) is 0.356. The second-order valence-electron chi connectivity index (χ2n) is 5.22. The smallest absolute Gasteiger partial charge is 0.161 e. The van der Waals surface area contributed by atoms with E-state index in [1.807, 2.05) is 6.92 Å². The minimum atomic E-state index is -0.694. The van der Waals surface area contributed by atoms with Crippen LogP contribution >= 0.6 is 0 Å². The first-order valence-corrected chi connectivity index (χ1v) is 5.27. The van der Waals surface area contributed by atoms with Crippen molar-refractivity contribution in [1.82, 2.24) is 0 Å². The van der Waals surface area contributed by atoms with Gasteiger partial charge >= 0.3 is 0 Å². The Kier molecular flexibility index (Phi) is 1.09. The van der Waals surface area contributed by atoms with Crippen LogP contribution in [0.1, 0.15) is 20.3 Å². The number of rotatable bonds is 0. The fourth-order valence-electron chi connectivity index (χ4n) is 3.97. The van der Waals surface area contributed by atoms with Crippen LogP contribution in [0, 0.1) is 5.92 Å². The van der Waals surface area contributed by atoms with Crippen molar-refractivity contribution < 1.29 is 19.3 Å². The molecule has 2 bridgehead atoms. The molecule has 0 aromatic carbocycles. The fourth-order valence-corrected chi connectivity index (χ4v) is 3.97. The molecule has 1 N–H and O–H groups in total. The molecule has 0 aromatic rings. The molecule has 1 aliphatic carbocycles. The van der Waals surface area contributed by atoms with E-state index in [0.29, 0.717) is 6.42 Å². The van der Waals surface area contributed by atoms with Crippen molar-refractivity contribution in [3.63, 3.8) is 0 Å². The lowest BCUT2D eigenvalue weighted by atomic mass is 9.78. The molecular weight excluding hydrogens is 184 g/mol. The molecule has 14 heavy (non-hydrogen) atoms. The van der Waals surface area contributed by atoms with E-state index in [1.165, 1.54) is 0 Å². The first-order valence-electron chi connectivity index (χ1n) is 5.27. The van der Waals surface area contributed by atoms with Gasteiger partial charge in [-0.05, 0) is 13.8 Å². The highest BCUT2D eigenvalue weighted by atomic mass is 16.7. The molecule has 0 amide bonds. The fraction of sp³-hybridized carbons (Fsp3) is 1.00. The first-order chi connectivity index (χ1) is 6.56. The van der Waals surface area contributed by atoms with Crippen molar-refractivity contribution in [1.29, 1.82) is 0 Å². The summed E-state index contributed by atoms with van der Waals surface area (Å²) in [6.45, 7) is 4.06. The first kappa shape index (κ1) is 8.05. The van der Waals surface area contributed by atoms with E-state index in [9.17, 15) is 5.11 Å². The highest BCUT2D eigenvalue weighted by Gasteiger charge is 2.82. The Hall–Kier alpha value is -0.160. The van der Waals surface area contributed by atoms with Gasteiger partial charge in [-0.2, -0.15) is 0 Å². The molecule has 4 nitrogen and oxygen atoms in total. The molecule has 0 radical (unpaired) electrons. The Morgan fingerprint density at radius 3 is 2.86 bits per heavy atom. The predicted octanol–water partition coefficient (Wildman–Crippen LogP) is 0.0385. The lowest BCUT2D eigenvalue weighted by molar-refractivity contribution is -0.191. The summed E-state index contributed by atoms with van der Waals surface area (Å²) in [4.78, 5) is 0. The Labute approximate surface area is 82.1 Å². The van der Waals surface area contributed by atoms with E-state index in [0.717, 1.165) is 0 Å². The number of hydrogen-bond acceptors (Lipinski definition) is 4. The SMILES string of the molecule is C[C@@H]1O[C@H]2C[C@@]3(O)[C@@H](O2)[C@@H]2O[C@]2(C)[C@@H]13. The number of fused-ring (bicyclic) bond motifs is 4. The van der Waals surface area contributed by atoms with Crippen LogP contribution in [0.5, 0.6) is 0 Å².